The second-order valence-electron chi connectivity index (χ2n) is 5.83. The first-order valence-electron chi connectivity index (χ1n) is 7.72. The maximum Gasteiger partial charge on any atom is 0.191 e. The third-order valence-electron chi connectivity index (χ3n) is 3.51. The standard InChI is InChI=1S/C15H31N3O/c1-5-6-13-11-14(13)18-15(16-4)17-8-10-19-9-7-12(2)3/h12-14H,5-11H2,1-4H3,(H2,16,17,18). The molecule has 1 saturated carbocycles. The summed E-state index contributed by atoms with van der Waals surface area (Å²) in [6.07, 6.45) is 5.03. The van der Waals surface area contributed by atoms with Crippen molar-refractivity contribution in [3.05, 3.63) is 0 Å². The number of ether oxygens (including phenoxy) is 1. The van der Waals surface area contributed by atoms with Crippen LogP contribution in [0.4, 0.5) is 0 Å². The molecule has 0 amide bonds. The van der Waals surface area contributed by atoms with Gasteiger partial charge in [-0.2, -0.15) is 0 Å². The Morgan fingerprint density at radius 2 is 2.16 bits per heavy atom. The smallest absolute Gasteiger partial charge is 0.191 e. The molecule has 4 heteroatoms. The molecule has 0 aliphatic heterocycles. The molecule has 0 heterocycles. The molecule has 2 atom stereocenters. The van der Waals surface area contributed by atoms with E-state index in [2.05, 4.69) is 36.4 Å². The van der Waals surface area contributed by atoms with Gasteiger partial charge in [0.1, 0.15) is 0 Å². The van der Waals surface area contributed by atoms with Gasteiger partial charge in [0, 0.05) is 26.2 Å². The predicted molar refractivity (Wildman–Crippen MR) is 81.6 cm³/mol. The van der Waals surface area contributed by atoms with E-state index in [0.29, 0.717) is 12.0 Å². The van der Waals surface area contributed by atoms with Crippen molar-refractivity contribution in [3.63, 3.8) is 0 Å². The van der Waals surface area contributed by atoms with Crippen LogP contribution in [0, 0.1) is 11.8 Å². The highest BCUT2D eigenvalue weighted by molar-refractivity contribution is 5.80. The monoisotopic (exact) mass is 269 g/mol. The number of hydrogen-bond donors (Lipinski definition) is 2. The number of aliphatic imine (C=N–C) groups is 1. The summed E-state index contributed by atoms with van der Waals surface area (Å²) in [6, 6.07) is 0.632. The van der Waals surface area contributed by atoms with Crippen LogP contribution in [0.3, 0.4) is 0 Å². The van der Waals surface area contributed by atoms with Gasteiger partial charge >= 0.3 is 0 Å². The maximum absolute atomic E-state index is 5.57. The van der Waals surface area contributed by atoms with Gasteiger partial charge in [-0.1, -0.05) is 27.2 Å². The highest BCUT2D eigenvalue weighted by Gasteiger charge is 2.36. The van der Waals surface area contributed by atoms with Crippen LogP contribution in [0.2, 0.25) is 0 Å². The van der Waals surface area contributed by atoms with Crippen molar-refractivity contribution >= 4 is 5.96 Å². The van der Waals surface area contributed by atoms with E-state index in [1.54, 1.807) is 0 Å². The van der Waals surface area contributed by atoms with Gasteiger partial charge in [0.25, 0.3) is 0 Å². The van der Waals surface area contributed by atoms with E-state index in [1.807, 2.05) is 7.05 Å². The molecule has 0 aromatic carbocycles. The summed E-state index contributed by atoms with van der Waals surface area (Å²) in [7, 11) is 1.83. The van der Waals surface area contributed by atoms with Gasteiger partial charge in [0.2, 0.25) is 0 Å². The van der Waals surface area contributed by atoms with Crippen LogP contribution in [0.5, 0.6) is 0 Å². The van der Waals surface area contributed by atoms with Crippen molar-refractivity contribution in [1.29, 1.82) is 0 Å². The van der Waals surface area contributed by atoms with Crippen LogP contribution >= 0.6 is 0 Å². The largest absolute Gasteiger partial charge is 0.380 e. The Morgan fingerprint density at radius 3 is 2.79 bits per heavy atom. The highest BCUT2D eigenvalue weighted by atomic mass is 16.5. The second kappa shape index (κ2) is 9.18. The van der Waals surface area contributed by atoms with E-state index < -0.39 is 0 Å². The van der Waals surface area contributed by atoms with E-state index in [0.717, 1.165) is 38.1 Å². The van der Waals surface area contributed by atoms with Crippen molar-refractivity contribution in [2.24, 2.45) is 16.8 Å². The quantitative estimate of drug-likeness (QED) is 0.384. The number of nitrogens with one attached hydrogen (secondary N) is 2. The first kappa shape index (κ1) is 16.3. The average Bonchev–Trinajstić information content (AvgIpc) is 3.10. The summed E-state index contributed by atoms with van der Waals surface area (Å²) >= 11 is 0. The van der Waals surface area contributed by atoms with Gasteiger partial charge in [-0.3, -0.25) is 4.99 Å². The molecular weight excluding hydrogens is 238 g/mol. The first-order chi connectivity index (χ1) is 9.17. The lowest BCUT2D eigenvalue weighted by atomic mass is 10.1. The first-order valence-corrected chi connectivity index (χ1v) is 7.72. The van der Waals surface area contributed by atoms with E-state index in [-0.39, 0.29) is 0 Å². The fraction of sp³-hybridized carbons (Fsp3) is 0.933. The topological polar surface area (TPSA) is 45.7 Å². The van der Waals surface area contributed by atoms with E-state index in [9.17, 15) is 0 Å². The molecule has 19 heavy (non-hydrogen) atoms. The lowest BCUT2D eigenvalue weighted by Gasteiger charge is -2.12. The summed E-state index contributed by atoms with van der Waals surface area (Å²) in [4.78, 5) is 4.25. The van der Waals surface area contributed by atoms with Gasteiger partial charge in [-0.05, 0) is 31.1 Å². The molecule has 2 unspecified atom stereocenters. The summed E-state index contributed by atoms with van der Waals surface area (Å²) < 4.78 is 5.57. The molecule has 2 N–H and O–H groups in total. The van der Waals surface area contributed by atoms with Crippen LogP contribution in [0.1, 0.15) is 46.5 Å². The molecule has 1 aliphatic rings. The Hall–Kier alpha value is -0.770. The zero-order valence-electron chi connectivity index (χ0n) is 13.0. The Labute approximate surface area is 118 Å². The molecule has 0 radical (unpaired) electrons. The molecule has 0 aromatic rings. The number of rotatable bonds is 9. The molecule has 1 fully saturated rings. The third-order valence-corrected chi connectivity index (χ3v) is 3.51. The van der Waals surface area contributed by atoms with E-state index in [1.165, 1.54) is 19.3 Å². The van der Waals surface area contributed by atoms with Crippen LogP contribution < -0.4 is 10.6 Å². The van der Waals surface area contributed by atoms with Crippen molar-refractivity contribution in [2.45, 2.75) is 52.5 Å². The molecular formula is C15H31N3O. The van der Waals surface area contributed by atoms with E-state index in [4.69, 9.17) is 4.74 Å². The second-order valence-corrected chi connectivity index (χ2v) is 5.83. The van der Waals surface area contributed by atoms with Crippen molar-refractivity contribution in [2.75, 3.05) is 26.8 Å². The van der Waals surface area contributed by atoms with Crippen LogP contribution in [0.15, 0.2) is 4.99 Å². The summed E-state index contributed by atoms with van der Waals surface area (Å²) in [5.41, 5.74) is 0. The van der Waals surface area contributed by atoms with Gasteiger partial charge in [0.05, 0.1) is 6.61 Å². The molecule has 4 nitrogen and oxygen atoms in total. The van der Waals surface area contributed by atoms with Gasteiger partial charge < -0.3 is 15.4 Å². The van der Waals surface area contributed by atoms with Gasteiger partial charge in [-0.25, -0.2) is 0 Å². The molecule has 0 aromatic heterocycles. The Kier molecular flexibility index (Phi) is 7.87. The molecule has 1 aliphatic carbocycles. The summed E-state index contributed by atoms with van der Waals surface area (Å²) in [5, 5.41) is 6.77. The maximum atomic E-state index is 5.57. The lowest BCUT2D eigenvalue weighted by Crippen LogP contribution is -2.40. The fourth-order valence-corrected chi connectivity index (χ4v) is 2.15. The van der Waals surface area contributed by atoms with Crippen LogP contribution in [-0.4, -0.2) is 38.8 Å². The molecule has 1 rings (SSSR count). The zero-order valence-corrected chi connectivity index (χ0v) is 13.0. The minimum Gasteiger partial charge on any atom is -0.380 e. The zero-order chi connectivity index (χ0) is 14.1. The number of guanidine groups is 1. The normalized spacial score (nSPS) is 22.7. The fourth-order valence-electron chi connectivity index (χ4n) is 2.15. The lowest BCUT2D eigenvalue weighted by molar-refractivity contribution is 0.128. The molecule has 112 valence electrons. The molecule has 0 spiro atoms. The van der Waals surface area contributed by atoms with Crippen LogP contribution in [-0.2, 0) is 4.74 Å². The van der Waals surface area contributed by atoms with Gasteiger partial charge in [-0.15, -0.1) is 0 Å². The number of nitrogens with zero attached hydrogens (tertiary/aromatic N) is 1. The Balaban J connectivity index is 2.01. The summed E-state index contributed by atoms with van der Waals surface area (Å²) in [6.45, 7) is 9.11. The summed E-state index contributed by atoms with van der Waals surface area (Å²) in [5.74, 6) is 2.48. The van der Waals surface area contributed by atoms with Crippen molar-refractivity contribution in [1.82, 2.24) is 10.6 Å². The van der Waals surface area contributed by atoms with Crippen molar-refractivity contribution < 1.29 is 4.74 Å². The predicted octanol–water partition coefficient (Wildman–Crippen LogP) is 2.40. The van der Waals surface area contributed by atoms with Gasteiger partial charge in [0.15, 0.2) is 5.96 Å². The minimum absolute atomic E-state index is 0.632. The molecule has 0 saturated heterocycles. The third kappa shape index (κ3) is 7.41. The highest BCUT2D eigenvalue weighted by Crippen LogP contribution is 2.34. The molecule has 0 bridgehead atoms. The van der Waals surface area contributed by atoms with Crippen molar-refractivity contribution in [3.8, 4) is 0 Å². The Bertz CT molecular complexity index is 266. The number of hydrogen-bond acceptors (Lipinski definition) is 2. The minimum atomic E-state index is 0.632. The van der Waals surface area contributed by atoms with E-state index >= 15 is 0 Å². The SMILES string of the molecule is CCCC1CC1NC(=NC)NCCOCCC(C)C. The van der Waals surface area contributed by atoms with Crippen LogP contribution in [0.25, 0.3) is 0 Å². The average molecular weight is 269 g/mol. The Morgan fingerprint density at radius 1 is 1.37 bits per heavy atom.